The third kappa shape index (κ3) is 12.1. The quantitative estimate of drug-likeness (QED) is 0.0784. The number of carbonyl (C=O) groups excluding carboxylic acids is 4. The lowest BCUT2D eigenvalue weighted by atomic mass is 9.49. The van der Waals surface area contributed by atoms with Gasteiger partial charge in [0.05, 0.1) is 46.9 Å². The van der Waals surface area contributed by atoms with Crippen molar-refractivity contribution < 1.29 is 43.2 Å². The molecule has 6 rings (SSSR count). The van der Waals surface area contributed by atoms with Crippen LogP contribution in [0.3, 0.4) is 0 Å². The third-order valence-electron chi connectivity index (χ3n) is 12.1. The highest BCUT2D eigenvalue weighted by Gasteiger charge is 2.64. The minimum atomic E-state index is -0.983. The number of benzene rings is 3. The molecule has 352 valence electrons. The predicted octanol–water partition coefficient (Wildman–Crippen LogP) is 6.17. The molecule has 66 heavy (non-hydrogen) atoms. The number of aliphatic hydroxyl groups excluding tert-OH is 1. The van der Waals surface area contributed by atoms with Crippen molar-refractivity contribution in [2.24, 2.45) is 16.2 Å². The monoisotopic (exact) mass is 942 g/mol. The first-order valence-corrected chi connectivity index (χ1v) is 23.1. The Bertz CT molecular complexity index is 2350. The smallest absolute Gasteiger partial charge is 0.251 e. The summed E-state index contributed by atoms with van der Waals surface area (Å²) in [6.07, 6.45) is 0.777. The van der Waals surface area contributed by atoms with Gasteiger partial charge in [-0.05, 0) is 52.9 Å². The number of likely N-dealkylation sites (tertiary alicyclic amines) is 1. The van der Waals surface area contributed by atoms with Crippen LogP contribution < -0.4 is 25.4 Å². The normalized spacial score (nSPS) is 20.0. The van der Waals surface area contributed by atoms with E-state index in [0.29, 0.717) is 27.6 Å². The van der Waals surface area contributed by atoms with Crippen LogP contribution in [0.2, 0.25) is 5.02 Å². The van der Waals surface area contributed by atoms with Gasteiger partial charge in [0.2, 0.25) is 17.7 Å². The van der Waals surface area contributed by atoms with E-state index in [4.69, 9.17) is 30.5 Å². The number of rotatable bonds is 19. The number of aromatic nitrogens is 1. The van der Waals surface area contributed by atoms with Crippen LogP contribution in [0, 0.1) is 27.6 Å². The molecule has 1 saturated carbocycles. The van der Waals surface area contributed by atoms with Crippen molar-refractivity contribution in [3.63, 3.8) is 0 Å². The highest BCUT2D eigenvalue weighted by atomic mass is 35.5. The third-order valence-corrected chi connectivity index (χ3v) is 13.2. The maximum atomic E-state index is 13.9. The summed E-state index contributed by atoms with van der Waals surface area (Å²) in [5.74, 6) is -0.437. The molecule has 1 saturated heterocycles. The van der Waals surface area contributed by atoms with Crippen molar-refractivity contribution in [3.8, 4) is 28.0 Å². The Balaban J connectivity index is 0.875. The zero-order valence-electron chi connectivity index (χ0n) is 38.4. The fraction of sp³-hybridized carbons (Fsp3) is 0.469. The van der Waals surface area contributed by atoms with Crippen molar-refractivity contribution >= 4 is 46.6 Å². The zero-order chi connectivity index (χ0) is 47.8. The summed E-state index contributed by atoms with van der Waals surface area (Å²) in [4.78, 5) is 60.1. The molecule has 3 atom stereocenters. The van der Waals surface area contributed by atoms with Crippen LogP contribution in [0.15, 0.2) is 78.4 Å². The molecular weight excluding hydrogens is 884 g/mol. The summed E-state index contributed by atoms with van der Waals surface area (Å²) < 4.78 is 23.3. The average molecular weight is 944 g/mol. The van der Waals surface area contributed by atoms with Gasteiger partial charge in [0, 0.05) is 54.2 Å². The molecule has 15 nitrogen and oxygen atoms in total. The Kier molecular flexibility index (Phi) is 16.1. The van der Waals surface area contributed by atoms with Crippen LogP contribution in [0.1, 0.15) is 76.4 Å². The van der Waals surface area contributed by atoms with Gasteiger partial charge >= 0.3 is 0 Å². The van der Waals surface area contributed by atoms with E-state index in [0.717, 1.165) is 16.0 Å². The molecule has 1 aliphatic carbocycles. The van der Waals surface area contributed by atoms with Crippen LogP contribution in [0.25, 0.3) is 10.4 Å². The van der Waals surface area contributed by atoms with Crippen molar-refractivity contribution in [1.82, 2.24) is 25.8 Å². The number of carbonyl (C=O) groups is 4. The summed E-state index contributed by atoms with van der Waals surface area (Å²) >= 11 is 7.76. The molecule has 17 heteroatoms. The Morgan fingerprint density at radius 2 is 1.62 bits per heavy atom. The molecule has 0 unspecified atom stereocenters. The first-order chi connectivity index (χ1) is 31.3. The highest BCUT2D eigenvalue weighted by molar-refractivity contribution is 7.13. The van der Waals surface area contributed by atoms with Crippen molar-refractivity contribution in [3.05, 3.63) is 100 Å². The number of amides is 4. The molecule has 3 aromatic carbocycles. The topological polar surface area (TPSA) is 201 Å². The number of hydrogen-bond acceptors (Lipinski definition) is 12. The maximum absolute atomic E-state index is 13.9. The number of halogens is 1. The Morgan fingerprint density at radius 3 is 2.26 bits per heavy atom. The number of aliphatic hydroxyl groups is 1. The molecule has 4 amide bonds. The summed E-state index contributed by atoms with van der Waals surface area (Å²) in [6.45, 7) is 14.3. The zero-order valence-corrected chi connectivity index (χ0v) is 40.0. The SMILES string of the molecule is CC1(C)C(NC(=O)c2ccc(OCCOCCOCC(=O)N[C@H](C(=O)N3C[C@H](O)C[C@H]3C(=O)NCc3ccc(-c4cncs4)cc3)C(C)(C)C)cc2)C(C)(C)C1Oc1ccc(C#N)c(Cl)c1. The fourth-order valence-corrected chi connectivity index (χ4v) is 9.73. The first-order valence-electron chi connectivity index (χ1n) is 21.9. The lowest BCUT2D eigenvalue weighted by Gasteiger charge is -2.63. The van der Waals surface area contributed by atoms with E-state index in [9.17, 15) is 29.5 Å². The summed E-state index contributed by atoms with van der Waals surface area (Å²) in [6, 6.07) is 19.6. The predicted molar refractivity (Wildman–Crippen MR) is 250 cm³/mol. The van der Waals surface area contributed by atoms with Crippen molar-refractivity contribution in [2.75, 3.05) is 39.6 Å². The van der Waals surface area contributed by atoms with Gasteiger partial charge in [0.15, 0.2) is 0 Å². The molecule has 4 N–H and O–H groups in total. The molecule has 4 aromatic rings. The van der Waals surface area contributed by atoms with Gasteiger partial charge in [-0.15, -0.1) is 11.3 Å². The minimum Gasteiger partial charge on any atom is -0.491 e. The number of thiazole rings is 1. The lowest BCUT2D eigenvalue weighted by Crippen LogP contribution is -2.74. The van der Waals surface area contributed by atoms with Gasteiger partial charge in [-0.1, -0.05) is 84.3 Å². The number of hydrogen-bond donors (Lipinski definition) is 4. The second kappa shape index (κ2) is 21.4. The summed E-state index contributed by atoms with van der Waals surface area (Å²) in [5.41, 5.74) is 3.02. The van der Waals surface area contributed by atoms with Gasteiger partial charge in [-0.3, -0.25) is 24.2 Å². The van der Waals surface area contributed by atoms with Gasteiger partial charge in [-0.25, -0.2) is 0 Å². The standard InChI is InChI=1S/C49H59ClN6O9S/c1-47(2,3)41(44(61)56-27-34(57)22-38(56)43(60)53-25-30-8-10-31(11-9-30)39-26-52-29-66-39)54-40(58)28-63-19-18-62-20-21-64-35-15-12-32(13-16-35)42(59)55-45-48(4,5)46(49(45,6)7)65-36-17-14-33(24-51)37(50)23-36/h8-17,23,26,29,34,38,41,45-46,57H,18-22,25,27-28H2,1-7H3,(H,53,60)(H,54,58)(H,55,59)/t34-,38+,41-,45?,46?/m1/s1. The fourth-order valence-electron chi connectivity index (χ4n) is 8.89. The molecule has 2 heterocycles. The molecule has 1 aromatic heterocycles. The van der Waals surface area contributed by atoms with E-state index < -0.39 is 46.2 Å². The van der Waals surface area contributed by atoms with Crippen molar-refractivity contribution in [2.45, 2.75) is 91.8 Å². The number of ether oxygens (including phenoxy) is 4. The largest absolute Gasteiger partial charge is 0.491 e. The van der Waals surface area contributed by atoms with Crippen LogP contribution in [0.4, 0.5) is 0 Å². The molecular formula is C49H59ClN6O9S. The van der Waals surface area contributed by atoms with Crippen LogP contribution in [0.5, 0.6) is 11.5 Å². The molecule has 2 fully saturated rings. The van der Waals surface area contributed by atoms with Crippen LogP contribution >= 0.6 is 22.9 Å². The van der Waals surface area contributed by atoms with Gasteiger partial charge in [-0.2, -0.15) is 5.26 Å². The van der Waals surface area contributed by atoms with E-state index in [1.165, 1.54) is 16.2 Å². The van der Waals surface area contributed by atoms with Crippen LogP contribution in [-0.2, 0) is 30.4 Å². The summed E-state index contributed by atoms with van der Waals surface area (Å²) in [7, 11) is 0. The van der Waals surface area contributed by atoms with E-state index in [1.807, 2.05) is 72.7 Å². The van der Waals surface area contributed by atoms with Gasteiger partial charge in [0.25, 0.3) is 5.91 Å². The molecule has 1 aliphatic heterocycles. The number of nitrogens with one attached hydrogen (secondary N) is 3. The molecule has 0 bridgehead atoms. The summed E-state index contributed by atoms with van der Waals surface area (Å²) in [5, 5.41) is 28.9. The molecule has 0 radical (unpaired) electrons. The van der Waals surface area contributed by atoms with E-state index in [1.54, 1.807) is 54.2 Å². The Morgan fingerprint density at radius 1 is 0.955 bits per heavy atom. The van der Waals surface area contributed by atoms with Crippen LogP contribution in [-0.4, -0.2) is 109 Å². The van der Waals surface area contributed by atoms with Gasteiger partial charge in [0.1, 0.15) is 49.0 Å². The number of nitriles is 1. The minimum absolute atomic E-state index is 0.0289. The number of β-amino-alcohol motifs (C(OH)–C–C–N with tert-alkyl or cyclic N) is 1. The Labute approximate surface area is 395 Å². The highest BCUT2D eigenvalue weighted by Crippen LogP contribution is 2.55. The van der Waals surface area contributed by atoms with E-state index in [2.05, 4.69) is 27.0 Å². The maximum Gasteiger partial charge on any atom is 0.251 e. The lowest BCUT2D eigenvalue weighted by molar-refractivity contribution is -0.164. The van der Waals surface area contributed by atoms with E-state index in [-0.39, 0.29) is 76.5 Å². The number of nitrogens with zero attached hydrogens (tertiary/aromatic N) is 3. The Hall–Kier alpha value is -5.57. The second-order valence-electron chi connectivity index (χ2n) is 18.9. The molecule has 0 spiro atoms. The molecule has 2 aliphatic rings. The van der Waals surface area contributed by atoms with E-state index >= 15 is 0 Å². The van der Waals surface area contributed by atoms with Crippen molar-refractivity contribution in [1.29, 1.82) is 5.26 Å². The second-order valence-corrected chi connectivity index (χ2v) is 20.2. The van der Waals surface area contributed by atoms with Gasteiger partial charge < -0.3 is 44.9 Å². The average Bonchev–Trinajstić information content (AvgIpc) is 3.97. The first kappa shape index (κ1) is 49.9.